The summed E-state index contributed by atoms with van der Waals surface area (Å²) in [5.41, 5.74) is 5.16. The second-order valence-corrected chi connectivity index (χ2v) is 7.41. The van der Waals surface area contributed by atoms with E-state index in [0.29, 0.717) is 10.8 Å². The molecule has 2 heterocycles. The molecule has 0 saturated carbocycles. The zero-order valence-electron chi connectivity index (χ0n) is 14.3. The van der Waals surface area contributed by atoms with Gasteiger partial charge in [0.25, 0.3) is 0 Å². The number of thiophene rings is 1. The summed E-state index contributed by atoms with van der Waals surface area (Å²) in [6.07, 6.45) is 0. The number of hydrogen-bond donors (Lipinski definition) is 1. The molecule has 1 aromatic carbocycles. The molecule has 3 aromatic rings. The fourth-order valence-corrected chi connectivity index (χ4v) is 3.91. The summed E-state index contributed by atoms with van der Waals surface area (Å²) < 4.78 is 2.01. The van der Waals surface area contributed by atoms with Crippen molar-refractivity contribution >= 4 is 17.3 Å². The quantitative estimate of drug-likeness (QED) is 0.668. The number of carboxylic acid groups (broad SMARTS) is 1. The zero-order chi connectivity index (χ0) is 17.4. The van der Waals surface area contributed by atoms with Crippen LogP contribution < -0.4 is 0 Å². The Morgan fingerprint density at radius 1 is 1.04 bits per heavy atom. The summed E-state index contributed by atoms with van der Waals surface area (Å²) >= 11 is 1.33. The van der Waals surface area contributed by atoms with Crippen LogP contribution >= 0.6 is 11.3 Å². The molecule has 3 rings (SSSR count). The Morgan fingerprint density at radius 3 is 2.12 bits per heavy atom. The van der Waals surface area contributed by atoms with Crippen LogP contribution in [0.3, 0.4) is 0 Å². The molecule has 0 aliphatic rings. The number of aromatic nitrogens is 1. The standard InChI is InChI=1S/C20H21NO2S/c1-12(2)15-7-9-16(10-8-15)18-11-17(19(24-18)20(22)23)21-13(3)5-6-14(21)4/h5-12H,1-4H3,(H,22,23). The van der Waals surface area contributed by atoms with E-state index in [4.69, 9.17) is 0 Å². The summed E-state index contributed by atoms with van der Waals surface area (Å²) in [4.78, 5) is 13.1. The minimum atomic E-state index is -0.882. The summed E-state index contributed by atoms with van der Waals surface area (Å²) in [6, 6.07) is 14.4. The maximum absolute atomic E-state index is 11.7. The number of carbonyl (C=O) groups is 1. The van der Waals surface area contributed by atoms with E-state index in [1.165, 1.54) is 16.9 Å². The first-order valence-corrected chi connectivity index (χ1v) is 8.83. The summed E-state index contributed by atoms with van der Waals surface area (Å²) in [5, 5.41) is 9.62. The molecule has 0 aliphatic carbocycles. The Kier molecular flexibility index (Phi) is 4.33. The van der Waals surface area contributed by atoms with Crippen LogP contribution in [0.25, 0.3) is 16.1 Å². The lowest BCUT2D eigenvalue weighted by atomic mass is 10.0. The van der Waals surface area contributed by atoms with Gasteiger partial charge in [0, 0.05) is 16.3 Å². The predicted molar refractivity (Wildman–Crippen MR) is 99.6 cm³/mol. The Bertz CT molecular complexity index is 866. The van der Waals surface area contributed by atoms with Crippen LogP contribution in [0.2, 0.25) is 0 Å². The molecule has 0 radical (unpaired) electrons. The lowest BCUT2D eigenvalue weighted by molar-refractivity contribution is 0.0702. The first-order valence-electron chi connectivity index (χ1n) is 8.01. The van der Waals surface area contributed by atoms with Crippen molar-refractivity contribution in [2.75, 3.05) is 0 Å². The molecule has 0 amide bonds. The molecule has 0 aliphatic heterocycles. The topological polar surface area (TPSA) is 42.2 Å². The van der Waals surface area contributed by atoms with Gasteiger partial charge in [-0.3, -0.25) is 0 Å². The number of hydrogen-bond acceptors (Lipinski definition) is 2. The fraction of sp³-hybridized carbons (Fsp3) is 0.250. The Morgan fingerprint density at radius 2 is 1.62 bits per heavy atom. The van der Waals surface area contributed by atoms with E-state index >= 15 is 0 Å². The van der Waals surface area contributed by atoms with Gasteiger partial charge < -0.3 is 9.67 Å². The summed E-state index contributed by atoms with van der Waals surface area (Å²) in [6.45, 7) is 8.32. The van der Waals surface area contributed by atoms with Crippen molar-refractivity contribution in [1.82, 2.24) is 4.57 Å². The average molecular weight is 339 g/mol. The van der Waals surface area contributed by atoms with Gasteiger partial charge in [-0.15, -0.1) is 11.3 Å². The summed E-state index contributed by atoms with van der Waals surface area (Å²) in [7, 11) is 0. The number of nitrogens with zero attached hydrogens (tertiary/aromatic N) is 1. The molecular formula is C20H21NO2S. The molecule has 0 fully saturated rings. The molecular weight excluding hydrogens is 318 g/mol. The van der Waals surface area contributed by atoms with Crippen LogP contribution in [-0.4, -0.2) is 15.6 Å². The van der Waals surface area contributed by atoms with Crippen LogP contribution in [0.1, 0.15) is 46.4 Å². The van der Waals surface area contributed by atoms with E-state index in [1.54, 1.807) is 0 Å². The Hall–Kier alpha value is -2.33. The number of benzene rings is 1. The highest BCUT2D eigenvalue weighted by Crippen LogP contribution is 2.35. The molecule has 3 nitrogen and oxygen atoms in total. The van der Waals surface area contributed by atoms with E-state index in [0.717, 1.165) is 27.5 Å². The van der Waals surface area contributed by atoms with Crippen LogP contribution in [0, 0.1) is 13.8 Å². The van der Waals surface area contributed by atoms with Crippen molar-refractivity contribution in [3.8, 4) is 16.1 Å². The third-order valence-electron chi connectivity index (χ3n) is 4.28. The van der Waals surface area contributed by atoms with Gasteiger partial charge >= 0.3 is 5.97 Å². The predicted octanol–water partition coefficient (Wildman–Crippen LogP) is 5.64. The minimum absolute atomic E-state index is 0.375. The van der Waals surface area contributed by atoms with Crippen molar-refractivity contribution < 1.29 is 9.90 Å². The zero-order valence-corrected chi connectivity index (χ0v) is 15.1. The van der Waals surface area contributed by atoms with E-state index in [2.05, 4.69) is 38.1 Å². The smallest absolute Gasteiger partial charge is 0.348 e. The lowest BCUT2D eigenvalue weighted by Crippen LogP contribution is -2.03. The average Bonchev–Trinajstić information content (AvgIpc) is 3.11. The van der Waals surface area contributed by atoms with Crippen molar-refractivity contribution in [2.45, 2.75) is 33.6 Å². The Labute approximate surface area is 146 Å². The van der Waals surface area contributed by atoms with Crippen molar-refractivity contribution in [3.63, 3.8) is 0 Å². The molecule has 4 heteroatoms. The number of rotatable bonds is 4. The molecule has 1 N–H and O–H groups in total. The number of carboxylic acids is 1. The number of aryl methyl sites for hydroxylation is 2. The van der Waals surface area contributed by atoms with Gasteiger partial charge in [-0.2, -0.15) is 0 Å². The van der Waals surface area contributed by atoms with Crippen molar-refractivity contribution in [3.05, 3.63) is 64.3 Å². The molecule has 0 unspecified atom stereocenters. The van der Waals surface area contributed by atoms with Crippen LogP contribution in [0.15, 0.2) is 42.5 Å². The highest BCUT2D eigenvalue weighted by Gasteiger charge is 2.19. The van der Waals surface area contributed by atoms with E-state index in [9.17, 15) is 9.90 Å². The molecule has 0 bridgehead atoms. The second kappa shape index (κ2) is 6.29. The van der Waals surface area contributed by atoms with Crippen molar-refractivity contribution in [2.24, 2.45) is 0 Å². The van der Waals surface area contributed by atoms with Crippen molar-refractivity contribution in [1.29, 1.82) is 0 Å². The largest absolute Gasteiger partial charge is 0.477 e. The maximum Gasteiger partial charge on any atom is 0.348 e. The highest BCUT2D eigenvalue weighted by molar-refractivity contribution is 7.17. The van der Waals surface area contributed by atoms with E-state index in [1.807, 2.05) is 36.6 Å². The monoisotopic (exact) mass is 339 g/mol. The van der Waals surface area contributed by atoms with Gasteiger partial charge in [0.15, 0.2) is 0 Å². The molecule has 0 spiro atoms. The fourth-order valence-electron chi connectivity index (χ4n) is 2.92. The normalized spacial score (nSPS) is 11.2. The SMILES string of the molecule is Cc1ccc(C)n1-c1cc(-c2ccc(C(C)C)cc2)sc1C(=O)O. The molecule has 124 valence electrons. The third-order valence-corrected chi connectivity index (χ3v) is 5.44. The maximum atomic E-state index is 11.7. The van der Waals surface area contributed by atoms with Crippen LogP contribution in [0.4, 0.5) is 0 Å². The van der Waals surface area contributed by atoms with Gasteiger partial charge in [-0.05, 0) is 49.1 Å². The van der Waals surface area contributed by atoms with Gasteiger partial charge in [-0.25, -0.2) is 4.79 Å². The molecule has 0 saturated heterocycles. The van der Waals surface area contributed by atoms with E-state index in [-0.39, 0.29) is 0 Å². The second-order valence-electron chi connectivity index (χ2n) is 6.36. The first-order chi connectivity index (χ1) is 11.4. The molecule has 24 heavy (non-hydrogen) atoms. The van der Waals surface area contributed by atoms with Gasteiger partial charge in [0.1, 0.15) is 4.88 Å². The highest BCUT2D eigenvalue weighted by atomic mass is 32.1. The van der Waals surface area contributed by atoms with Crippen LogP contribution in [-0.2, 0) is 0 Å². The first kappa shape index (κ1) is 16.5. The van der Waals surface area contributed by atoms with Gasteiger partial charge in [-0.1, -0.05) is 38.1 Å². The van der Waals surface area contributed by atoms with E-state index < -0.39 is 5.97 Å². The minimum Gasteiger partial charge on any atom is -0.477 e. The Balaban J connectivity index is 2.11. The lowest BCUT2D eigenvalue weighted by Gasteiger charge is -2.08. The van der Waals surface area contributed by atoms with Crippen LogP contribution in [0.5, 0.6) is 0 Å². The van der Waals surface area contributed by atoms with Gasteiger partial charge in [0.2, 0.25) is 0 Å². The summed E-state index contributed by atoms with van der Waals surface area (Å²) in [5.74, 6) is -0.398. The number of aromatic carboxylic acids is 1. The molecule has 2 aromatic heterocycles. The molecule has 0 atom stereocenters. The third kappa shape index (κ3) is 2.89. The van der Waals surface area contributed by atoms with Gasteiger partial charge in [0.05, 0.1) is 5.69 Å².